The highest BCUT2D eigenvalue weighted by molar-refractivity contribution is 5.91. The molecule has 1 aliphatic rings. The average molecular weight is 250 g/mol. The number of hydrogen-bond donors (Lipinski definition) is 3. The first-order chi connectivity index (χ1) is 8.69. The molecular weight excluding hydrogens is 232 g/mol. The zero-order chi connectivity index (χ0) is 13.0. The molecule has 18 heavy (non-hydrogen) atoms. The maximum atomic E-state index is 11.3. The lowest BCUT2D eigenvalue weighted by Crippen LogP contribution is -2.21. The predicted molar refractivity (Wildman–Crippen MR) is 67.3 cm³/mol. The topological polar surface area (TPSA) is 87.1 Å². The number of amides is 1. The lowest BCUT2D eigenvalue weighted by Gasteiger charge is -2.14. The highest BCUT2D eigenvalue weighted by Crippen LogP contribution is 2.48. The van der Waals surface area contributed by atoms with Crippen LogP contribution in [0.4, 0.5) is 5.82 Å². The molecule has 0 aromatic carbocycles. The molecule has 1 heterocycles. The van der Waals surface area contributed by atoms with Crippen LogP contribution in [0, 0.1) is 5.41 Å². The van der Waals surface area contributed by atoms with Gasteiger partial charge < -0.3 is 15.7 Å². The van der Waals surface area contributed by atoms with Crippen LogP contribution in [0.1, 0.15) is 29.8 Å². The summed E-state index contributed by atoms with van der Waals surface area (Å²) in [7, 11) is 1.56. The summed E-state index contributed by atoms with van der Waals surface area (Å²) in [5.41, 5.74) is 0.537. The van der Waals surface area contributed by atoms with Crippen LogP contribution in [0.25, 0.3) is 0 Å². The van der Waals surface area contributed by atoms with Crippen LogP contribution in [-0.2, 0) is 0 Å². The number of anilines is 1. The van der Waals surface area contributed by atoms with E-state index in [-0.39, 0.29) is 17.9 Å². The summed E-state index contributed by atoms with van der Waals surface area (Å²) in [6.45, 7) is 1.02. The summed E-state index contributed by atoms with van der Waals surface area (Å²) >= 11 is 0. The number of carbonyl (C=O) groups is 1. The van der Waals surface area contributed by atoms with Crippen molar-refractivity contribution in [2.24, 2.45) is 5.41 Å². The Hall–Kier alpha value is -1.69. The third-order valence-electron chi connectivity index (χ3n) is 3.37. The van der Waals surface area contributed by atoms with E-state index in [4.69, 9.17) is 5.11 Å². The molecule has 0 saturated heterocycles. The van der Waals surface area contributed by atoms with Crippen molar-refractivity contribution in [3.05, 3.63) is 17.8 Å². The molecule has 0 unspecified atom stereocenters. The maximum Gasteiger partial charge on any atom is 0.271 e. The predicted octanol–water partition coefficient (Wildman–Crippen LogP) is 0.411. The van der Waals surface area contributed by atoms with Gasteiger partial charge in [-0.05, 0) is 36.8 Å². The molecule has 0 radical (unpaired) electrons. The van der Waals surface area contributed by atoms with Gasteiger partial charge in [0.2, 0.25) is 0 Å². The zero-order valence-electron chi connectivity index (χ0n) is 10.4. The van der Waals surface area contributed by atoms with Crippen LogP contribution in [0.3, 0.4) is 0 Å². The van der Waals surface area contributed by atoms with Crippen LogP contribution < -0.4 is 10.6 Å². The van der Waals surface area contributed by atoms with Crippen molar-refractivity contribution < 1.29 is 9.90 Å². The first kappa shape index (κ1) is 12.8. The Kier molecular flexibility index (Phi) is 3.76. The summed E-state index contributed by atoms with van der Waals surface area (Å²) < 4.78 is 0. The van der Waals surface area contributed by atoms with Crippen molar-refractivity contribution in [3.63, 3.8) is 0 Å². The molecular formula is C12H18N4O2. The van der Waals surface area contributed by atoms with Crippen LogP contribution in [0.2, 0.25) is 0 Å². The Morgan fingerprint density at radius 2 is 2.22 bits per heavy atom. The molecule has 1 aromatic rings. The van der Waals surface area contributed by atoms with Gasteiger partial charge in [-0.3, -0.25) is 4.79 Å². The second-order valence-electron chi connectivity index (χ2n) is 4.71. The van der Waals surface area contributed by atoms with Crippen LogP contribution in [0.15, 0.2) is 12.1 Å². The zero-order valence-corrected chi connectivity index (χ0v) is 10.4. The van der Waals surface area contributed by atoms with Gasteiger partial charge in [0.15, 0.2) is 5.69 Å². The number of aliphatic hydroxyl groups excluding tert-OH is 1. The Labute approximate surface area is 106 Å². The number of nitrogens with one attached hydrogen (secondary N) is 2. The first-order valence-electron chi connectivity index (χ1n) is 6.10. The summed E-state index contributed by atoms with van der Waals surface area (Å²) in [6.07, 6.45) is 3.11. The number of carbonyl (C=O) groups excluding carboxylic acids is 1. The normalized spacial score (nSPS) is 16.1. The van der Waals surface area contributed by atoms with Crippen LogP contribution >= 0.6 is 0 Å². The molecule has 1 aromatic heterocycles. The van der Waals surface area contributed by atoms with Gasteiger partial charge in [0.05, 0.1) is 0 Å². The fourth-order valence-corrected chi connectivity index (χ4v) is 1.88. The Bertz CT molecular complexity index is 415. The number of aromatic nitrogens is 2. The standard InChI is InChI=1S/C12H18N4O2/c1-13-11(18)9-2-3-10(16-15-9)14-8-12(4-5-12)6-7-17/h2-3,17H,4-8H2,1H3,(H,13,18)(H,14,16). The fourth-order valence-electron chi connectivity index (χ4n) is 1.88. The Balaban J connectivity index is 1.89. The highest BCUT2D eigenvalue weighted by atomic mass is 16.3. The van der Waals surface area contributed by atoms with Crippen molar-refractivity contribution in [3.8, 4) is 0 Å². The van der Waals surface area contributed by atoms with Crippen molar-refractivity contribution in [1.29, 1.82) is 0 Å². The van der Waals surface area contributed by atoms with E-state index in [2.05, 4.69) is 20.8 Å². The molecule has 1 fully saturated rings. The molecule has 6 heteroatoms. The van der Waals surface area contributed by atoms with Crippen LogP contribution in [-0.4, -0.2) is 41.4 Å². The summed E-state index contributed by atoms with van der Waals surface area (Å²) in [5.74, 6) is 0.417. The van der Waals surface area contributed by atoms with E-state index in [0.717, 1.165) is 25.8 Å². The van der Waals surface area contributed by atoms with Gasteiger partial charge in [-0.1, -0.05) is 0 Å². The molecule has 1 amide bonds. The number of nitrogens with zero attached hydrogens (tertiary/aromatic N) is 2. The molecule has 3 N–H and O–H groups in total. The molecule has 1 aliphatic carbocycles. The number of aliphatic hydroxyl groups is 1. The average Bonchev–Trinajstić information content (AvgIpc) is 3.17. The van der Waals surface area contributed by atoms with E-state index >= 15 is 0 Å². The smallest absolute Gasteiger partial charge is 0.271 e. The van der Waals surface area contributed by atoms with E-state index in [0.29, 0.717) is 11.5 Å². The fraction of sp³-hybridized carbons (Fsp3) is 0.583. The number of hydrogen-bond acceptors (Lipinski definition) is 5. The largest absolute Gasteiger partial charge is 0.396 e. The third kappa shape index (κ3) is 2.95. The molecule has 0 aliphatic heterocycles. The first-order valence-corrected chi connectivity index (χ1v) is 6.10. The van der Waals surface area contributed by atoms with Gasteiger partial charge in [-0.15, -0.1) is 10.2 Å². The molecule has 1 saturated carbocycles. The molecule has 98 valence electrons. The lowest BCUT2D eigenvalue weighted by molar-refractivity contribution is 0.0957. The van der Waals surface area contributed by atoms with Gasteiger partial charge in [0, 0.05) is 20.2 Å². The SMILES string of the molecule is CNC(=O)c1ccc(NCC2(CCO)CC2)nn1. The van der Waals surface area contributed by atoms with Crippen molar-refractivity contribution >= 4 is 11.7 Å². The molecule has 0 bridgehead atoms. The summed E-state index contributed by atoms with van der Waals surface area (Å²) in [4.78, 5) is 11.3. The maximum absolute atomic E-state index is 11.3. The summed E-state index contributed by atoms with van der Waals surface area (Å²) in [6, 6.07) is 3.38. The molecule has 6 nitrogen and oxygen atoms in total. The second-order valence-corrected chi connectivity index (χ2v) is 4.71. The number of rotatable bonds is 6. The third-order valence-corrected chi connectivity index (χ3v) is 3.37. The Morgan fingerprint density at radius 1 is 1.44 bits per heavy atom. The van der Waals surface area contributed by atoms with Gasteiger partial charge in [-0.25, -0.2) is 0 Å². The quantitative estimate of drug-likeness (QED) is 0.680. The minimum atomic E-state index is -0.243. The van der Waals surface area contributed by atoms with E-state index in [1.54, 1.807) is 19.2 Å². The van der Waals surface area contributed by atoms with Gasteiger partial charge in [0.25, 0.3) is 5.91 Å². The second kappa shape index (κ2) is 5.30. The van der Waals surface area contributed by atoms with Gasteiger partial charge >= 0.3 is 0 Å². The van der Waals surface area contributed by atoms with Gasteiger partial charge in [0.1, 0.15) is 5.82 Å². The van der Waals surface area contributed by atoms with Crippen LogP contribution in [0.5, 0.6) is 0 Å². The van der Waals surface area contributed by atoms with Crippen molar-refractivity contribution in [1.82, 2.24) is 15.5 Å². The minimum absolute atomic E-state index is 0.225. The molecule has 2 rings (SSSR count). The lowest BCUT2D eigenvalue weighted by atomic mass is 10.0. The van der Waals surface area contributed by atoms with E-state index in [1.165, 1.54) is 0 Å². The highest BCUT2D eigenvalue weighted by Gasteiger charge is 2.41. The minimum Gasteiger partial charge on any atom is -0.396 e. The molecule has 0 spiro atoms. The van der Waals surface area contributed by atoms with Gasteiger partial charge in [-0.2, -0.15) is 0 Å². The van der Waals surface area contributed by atoms with E-state index < -0.39 is 0 Å². The van der Waals surface area contributed by atoms with E-state index in [1.807, 2.05) is 0 Å². The van der Waals surface area contributed by atoms with E-state index in [9.17, 15) is 4.79 Å². The molecule has 0 atom stereocenters. The van der Waals surface area contributed by atoms with Crippen molar-refractivity contribution in [2.45, 2.75) is 19.3 Å². The Morgan fingerprint density at radius 3 is 2.72 bits per heavy atom. The monoisotopic (exact) mass is 250 g/mol. The summed E-state index contributed by atoms with van der Waals surface area (Å²) in [5, 5.41) is 22.5. The van der Waals surface area contributed by atoms with Crippen molar-refractivity contribution in [2.75, 3.05) is 25.5 Å².